The van der Waals surface area contributed by atoms with Gasteiger partial charge in [-0.3, -0.25) is 0 Å². The Balaban J connectivity index is 1.62. The molecular weight excluding hydrogens is 290 g/mol. The maximum absolute atomic E-state index is 6.09. The average Bonchev–Trinajstić information content (AvgIpc) is 2.45. The third-order valence-corrected chi connectivity index (χ3v) is 4.48. The topological polar surface area (TPSA) is 68.9 Å². The number of nitrogens with zero attached hydrogens (tertiary/aromatic N) is 1. The van der Waals surface area contributed by atoms with Crippen LogP contribution in [0.5, 0.6) is 5.75 Å². The summed E-state index contributed by atoms with van der Waals surface area (Å²) in [6.45, 7) is 0.885. The molecule has 0 radical (unpaired) electrons. The van der Waals surface area contributed by atoms with Gasteiger partial charge in [-0.1, -0.05) is 11.6 Å². The number of ether oxygens (including phenoxy) is 2. The molecule has 1 aromatic rings. The van der Waals surface area contributed by atoms with E-state index in [4.69, 9.17) is 26.8 Å². The molecule has 3 unspecified atom stereocenters. The quantitative estimate of drug-likeness (QED) is 0.665. The van der Waals surface area contributed by atoms with Crippen LogP contribution in [0, 0.1) is 5.92 Å². The fraction of sp³-hybridized carbons (Fsp3) is 0.533. The van der Waals surface area contributed by atoms with E-state index in [1.807, 2.05) is 6.07 Å². The first kappa shape index (κ1) is 14.5. The maximum atomic E-state index is 6.09. The second-order valence-corrected chi connectivity index (χ2v) is 5.91. The second-order valence-electron chi connectivity index (χ2n) is 5.51. The molecule has 3 N–H and O–H groups in total. The van der Waals surface area contributed by atoms with Crippen molar-refractivity contribution in [1.29, 1.82) is 0 Å². The molecule has 1 aliphatic carbocycles. The molecule has 3 atom stereocenters. The molecule has 3 rings (SSSR count). The van der Waals surface area contributed by atoms with Crippen LogP contribution < -0.4 is 15.8 Å². The van der Waals surface area contributed by atoms with Crippen molar-refractivity contribution in [3.8, 4) is 5.75 Å². The van der Waals surface area contributed by atoms with Crippen molar-refractivity contribution in [3.05, 3.63) is 23.2 Å². The number of benzene rings is 1. The molecule has 0 amide bonds. The van der Waals surface area contributed by atoms with Crippen molar-refractivity contribution in [2.24, 2.45) is 16.6 Å². The number of hydrogen-bond acceptors (Lipinski definition) is 3. The van der Waals surface area contributed by atoms with E-state index in [1.54, 1.807) is 19.2 Å². The number of nitrogens with two attached hydrogens (primary N) is 1. The molecule has 0 spiro atoms. The summed E-state index contributed by atoms with van der Waals surface area (Å²) >= 11 is 6.09. The lowest BCUT2D eigenvalue weighted by Gasteiger charge is -2.45. The van der Waals surface area contributed by atoms with E-state index >= 15 is 0 Å². The van der Waals surface area contributed by atoms with Crippen molar-refractivity contribution in [2.45, 2.75) is 31.4 Å². The van der Waals surface area contributed by atoms with Gasteiger partial charge in [-0.25, -0.2) is 4.99 Å². The van der Waals surface area contributed by atoms with Crippen molar-refractivity contribution < 1.29 is 9.47 Å². The largest absolute Gasteiger partial charge is 0.495 e. The highest BCUT2D eigenvalue weighted by atomic mass is 35.5. The van der Waals surface area contributed by atoms with Crippen LogP contribution in [0.1, 0.15) is 19.3 Å². The van der Waals surface area contributed by atoms with Crippen LogP contribution in [-0.2, 0) is 4.74 Å². The summed E-state index contributed by atoms with van der Waals surface area (Å²) < 4.78 is 10.8. The third-order valence-electron chi connectivity index (χ3n) is 4.19. The zero-order valence-electron chi connectivity index (χ0n) is 12.0. The Bertz CT molecular complexity index is 550. The molecule has 5 nitrogen and oxygen atoms in total. The number of fused-ring (bicyclic) bond motifs is 1. The summed E-state index contributed by atoms with van der Waals surface area (Å²) in [6.07, 6.45) is 3.65. The van der Waals surface area contributed by atoms with E-state index in [2.05, 4.69) is 10.3 Å². The molecule has 6 heteroatoms. The lowest BCUT2D eigenvalue weighted by molar-refractivity contribution is -0.0937. The Morgan fingerprint density at radius 3 is 3.10 bits per heavy atom. The van der Waals surface area contributed by atoms with E-state index in [9.17, 15) is 0 Å². The van der Waals surface area contributed by atoms with Gasteiger partial charge in [0.25, 0.3) is 0 Å². The van der Waals surface area contributed by atoms with Gasteiger partial charge in [-0.05, 0) is 37.5 Å². The Hall–Kier alpha value is -1.46. The Morgan fingerprint density at radius 1 is 1.52 bits per heavy atom. The number of rotatable bonds is 3. The van der Waals surface area contributed by atoms with Crippen LogP contribution in [-0.4, -0.2) is 31.8 Å². The number of halogens is 1. The molecule has 0 bridgehead atoms. The van der Waals surface area contributed by atoms with Crippen LogP contribution in [0.4, 0.5) is 5.69 Å². The highest BCUT2D eigenvalue weighted by Gasteiger charge is 2.43. The molecule has 0 aromatic heterocycles. The van der Waals surface area contributed by atoms with Gasteiger partial charge in [-0.2, -0.15) is 0 Å². The molecule has 114 valence electrons. The first-order valence-electron chi connectivity index (χ1n) is 7.23. The average molecular weight is 310 g/mol. The van der Waals surface area contributed by atoms with Crippen molar-refractivity contribution in [3.63, 3.8) is 0 Å². The van der Waals surface area contributed by atoms with Crippen LogP contribution in [0.2, 0.25) is 5.02 Å². The number of guanidine groups is 1. The minimum Gasteiger partial charge on any atom is -0.495 e. The number of nitrogens with one attached hydrogen (secondary N) is 1. The standard InChI is InChI=1S/C15H20ClN3O2/c1-20-13-5-4-9(7-11(13)16)18-15(17)19-12-8-14-10(12)3-2-6-21-14/h4-5,7,10,12,14H,2-3,6,8H2,1H3,(H3,17,18,19). The molecule has 1 saturated heterocycles. The number of anilines is 1. The van der Waals surface area contributed by atoms with Crippen LogP contribution in [0.25, 0.3) is 0 Å². The van der Waals surface area contributed by atoms with E-state index < -0.39 is 0 Å². The highest BCUT2D eigenvalue weighted by Crippen LogP contribution is 2.39. The van der Waals surface area contributed by atoms with Gasteiger partial charge in [0.1, 0.15) is 5.75 Å². The summed E-state index contributed by atoms with van der Waals surface area (Å²) in [5, 5.41) is 3.62. The third kappa shape index (κ3) is 3.09. The first-order valence-corrected chi connectivity index (χ1v) is 7.60. The summed E-state index contributed by atoms with van der Waals surface area (Å²) in [5.74, 6) is 1.59. The molecular formula is C15H20ClN3O2. The highest BCUT2D eigenvalue weighted by molar-refractivity contribution is 6.32. The molecule has 1 aliphatic heterocycles. The van der Waals surface area contributed by atoms with E-state index in [1.165, 1.54) is 6.42 Å². The second kappa shape index (κ2) is 6.12. The monoisotopic (exact) mass is 309 g/mol. The van der Waals surface area contributed by atoms with Gasteiger partial charge >= 0.3 is 0 Å². The Labute approximate surface area is 129 Å². The minimum absolute atomic E-state index is 0.275. The van der Waals surface area contributed by atoms with Crippen LogP contribution >= 0.6 is 11.6 Å². The Morgan fingerprint density at radius 2 is 2.38 bits per heavy atom. The molecule has 21 heavy (non-hydrogen) atoms. The molecule has 1 heterocycles. The number of hydrogen-bond donors (Lipinski definition) is 2. The smallest absolute Gasteiger partial charge is 0.193 e. The Kier molecular flexibility index (Phi) is 4.22. The van der Waals surface area contributed by atoms with Crippen LogP contribution in [0.15, 0.2) is 23.2 Å². The lowest BCUT2D eigenvalue weighted by atomic mass is 9.73. The van der Waals surface area contributed by atoms with Gasteiger partial charge < -0.3 is 20.5 Å². The van der Waals surface area contributed by atoms with Gasteiger partial charge in [0.15, 0.2) is 5.96 Å². The molecule has 1 aromatic carbocycles. The summed E-state index contributed by atoms with van der Waals surface area (Å²) in [4.78, 5) is 4.56. The van der Waals surface area contributed by atoms with Gasteiger partial charge in [0.2, 0.25) is 0 Å². The summed E-state index contributed by atoms with van der Waals surface area (Å²) in [7, 11) is 1.59. The van der Waals surface area contributed by atoms with Crippen molar-refractivity contribution in [2.75, 3.05) is 19.0 Å². The summed E-state index contributed by atoms with van der Waals surface area (Å²) in [5.41, 5.74) is 6.79. The van der Waals surface area contributed by atoms with Crippen molar-refractivity contribution >= 4 is 23.2 Å². The summed E-state index contributed by atoms with van der Waals surface area (Å²) in [6, 6.07) is 5.71. The van der Waals surface area contributed by atoms with Crippen LogP contribution in [0.3, 0.4) is 0 Å². The molecule has 1 saturated carbocycles. The number of aliphatic imine (C=N–C) groups is 1. The fourth-order valence-electron chi connectivity index (χ4n) is 3.01. The number of methoxy groups -OCH3 is 1. The molecule has 2 aliphatic rings. The van der Waals surface area contributed by atoms with E-state index in [0.717, 1.165) is 25.1 Å². The molecule has 2 fully saturated rings. The first-order chi connectivity index (χ1) is 10.2. The minimum atomic E-state index is 0.275. The van der Waals surface area contributed by atoms with Gasteiger partial charge in [0.05, 0.1) is 24.3 Å². The van der Waals surface area contributed by atoms with Gasteiger partial charge in [-0.15, -0.1) is 0 Å². The lowest BCUT2D eigenvalue weighted by Crippen LogP contribution is -2.49. The van der Waals surface area contributed by atoms with E-state index in [0.29, 0.717) is 28.8 Å². The van der Waals surface area contributed by atoms with Crippen molar-refractivity contribution in [1.82, 2.24) is 0 Å². The normalized spacial score (nSPS) is 28.5. The predicted molar refractivity (Wildman–Crippen MR) is 84.1 cm³/mol. The zero-order chi connectivity index (χ0) is 14.8. The maximum Gasteiger partial charge on any atom is 0.193 e. The zero-order valence-corrected chi connectivity index (χ0v) is 12.8. The predicted octanol–water partition coefficient (Wildman–Crippen LogP) is 2.64. The SMILES string of the molecule is COc1ccc(NC(N)=NC2CC3OCCCC23)cc1Cl. The van der Waals surface area contributed by atoms with E-state index in [-0.39, 0.29) is 6.04 Å². The fourth-order valence-corrected chi connectivity index (χ4v) is 3.27. The van der Waals surface area contributed by atoms with Gasteiger partial charge in [0, 0.05) is 18.2 Å².